The van der Waals surface area contributed by atoms with Crippen molar-refractivity contribution in [3.63, 3.8) is 0 Å². The Kier molecular flexibility index (Phi) is 4.61. The maximum Gasteiger partial charge on any atom is 0.243 e. The lowest BCUT2D eigenvalue weighted by atomic mass is 10.2. The Labute approximate surface area is 140 Å². The first-order chi connectivity index (χ1) is 11.7. The van der Waals surface area contributed by atoms with Gasteiger partial charge in [0.15, 0.2) is 0 Å². The van der Waals surface area contributed by atoms with Gasteiger partial charge in [0.1, 0.15) is 11.6 Å². The summed E-state index contributed by atoms with van der Waals surface area (Å²) in [4.78, 5) is 16.1. The lowest BCUT2D eigenvalue weighted by molar-refractivity contribution is -0.116. The number of amides is 1. The number of aromatic nitrogens is 2. The molecular weight excluding hydrogens is 302 g/mol. The van der Waals surface area contributed by atoms with E-state index in [0.717, 1.165) is 28.2 Å². The van der Waals surface area contributed by atoms with Gasteiger partial charge in [0.2, 0.25) is 5.91 Å². The van der Waals surface area contributed by atoms with Crippen LogP contribution in [0.2, 0.25) is 0 Å². The smallest absolute Gasteiger partial charge is 0.243 e. The molecule has 5 heteroatoms. The average molecular weight is 321 g/mol. The molecule has 122 valence electrons. The highest BCUT2D eigenvalue weighted by Crippen LogP contribution is 2.19. The largest absolute Gasteiger partial charge is 0.497 e. The molecule has 0 atom stereocenters. The molecule has 0 saturated heterocycles. The fourth-order valence-electron chi connectivity index (χ4n) is 2.59. The highest BCUT2D eigenvalue weighted by Gasteiger charge is 2.11. The van der Waals surface area contributed by atoms with Gasteiger partial charge in [0.05, 0.1) is 24.7 Å². The Morgan fingerprint density at radius 3 is 2.71 bits per heavy atom. The van der Waals surface area contributed by atoms with E-state index in [1.54, 1.807) is 7.11 Å². The molecule has 0 saturated carbocycles. The zero-order chi connectivity index (χ0) is 16.9. The first-order valence-electron chi connectivity index (χ1n) is 7.68. The number of carbonyl (C=O) groups is 1. The lowest BCUT2D eigenvalue weighted by Gasteiger charge is -2.10. The molecule has 5 nitrogen and oxygen atoms in total. The molecule has 0 aliphatic rings. The van der Waals surface area contributed by atoms with Gasteiger partial charge in [0, 0.05) is 6.54 Å². The van der Waals surface area contributed by atoms with E-state index in [1.165, 1.54) is 6.08 Å². The zero-order valence-corrected chi connectivity index (χ0v) is 13.5. The van der Waals surface area contributed by atoms with Crippen molar-refractivity contribution < 1.29 is 9.53 Å². The molecule has 0 radical (unpaired) electrons. The number of imidazole rings is 1. The van der Waals surface area contributed by atoms with Crippen LogP contribution in [0.25, 0.3) is 11.0 Å². The summed E-state index contributed by atoms with van der Waals surface area (Å²) < 4.78 is 7.31. The summed E-state index contributed by atoms with van der Waals surface area (Å²) in [5.74, 6) is 1.42. The summed E-state index contributed by atoms with van der Waals surface area (Å²) in [6.07, 6.45) is 1.26. The molecule has 1 N–H and O–H groups in total. The molecular formula is C19H19N3O2. The number of nitrogens with one attached hydrogen (secondary N) is 1. The van der Waals surface area contributed by atoms with Gasteiger partial charge in [-0.3, -0.25) is 4.79 Å². The molecule has 0 aliphatic carbocycles. The highest BCUT2D eigenvalue weighted by molar-refractivity contribution is 5.86. The molecule has 2 aromatic carbocycles. The number of hydrogen-bond acceptors (Lipinski definition) is 3. The molecule has 0 unspecified atom stereocenters. The average Bonchev–Trinajstić information content (AvgIpc) is 2.98. The third kappa shape index (κ3) is 3.30. The first kappa shape index (κ1) is 15.8. The monoisotopic (exact) mass is 321 g/mol. The van der Waals surface area contributed by atoms with Crippen molar-refractivity contribution in [2.24, 2.45) is 0 Å². The molecule has 1 amide bonds. The summed E-state index contributed by atoms with van der Waals surface area (Å²) in [5, 5.41) is 2.79. The van der Waals surface area contributed by atoms with Gasteiger partial charge < -0.3 is 14.6 Å². The fourth-order valence-corrected chi connectivity index (χ4v) is 2.59. The Hall–Kier alpha value is -3.08. The van der Waals surface area contributed by atoms with E-state index in [4.69, 9.17) is 4.74 Å². The van der Waals surface area contributed by atoms with Gasteiger partial charge in [-0.25, -0.2) is 4.98 Å². The van der Waals surface area contributed by atoms with E-state index in [-0.39, 0.29) is 5.91 Å². The molecule has 1 heterocycles. The van der Waals surface area contributed by atoms with Crippen molar-refractivity contribution in [2.75, 3.05) is 7.11 Å². The van der Waals surface area contributed by atoms with Crippen LogP contribution in [0.1, 0.15) is 11.4 Å². The molecule has 0 spiro atoms. The van der Waals surface area contributed by atoms with Gasteiger partial charge in [-0.2, -0.15) is 0 Å². The standard InChI is InChI=1S/C19H19N3O2/c1-3-19(23)20-12-18-21-16-6-4-5-7-17(16)22(18)13-14-8-10-15(24-2)11-9-14/h3-11H,1,12-13H2,2H3,(H,20,23). The molecule has 0 bridgehead atoms. The summed E-state index contributed by atoms with van der Waals surface area (Å²) >= 11 is 0. The Balaban J connectivity index is 1.93. The van der Waals surface area contributed by atoms with Crippen molar-refractivity contribution >= 4 is 16.9 Å². The third-order valence-corrected chi connectivity index (χ3v) is 3.84. The number of nitrogens with zero attached hydrogens (tertiary/aromatic N) is 2. The van der Waals surface area contributed by atoms with Gasteiger partial charge in [-0.05, 0) is 35.9 Å². The van der Waals surface area contributed by atoms with Crippen LogP contribution in [0.3, 0.4) is 0 Å². The van der Waals surface area contributed by atoms with Crippen LogP contribution in [-0.4, -0.2) is 22.6 Å². The molecule has 3 aromatic rings. The summed E-state index contributed by atoms with van der Waals surface area (Å²) in [6, 6.07) is 15.9. The van der Waals surface area contributed by atoms with Gasteiger partial charge >= 0.3 is 0 Å². The van der Waals surface area contributed by atoms with E-state index in [9.17, 15) is 4.79 Å². The van der Waals surface area contributed by atoms with Crippen LogP contribution >= 0.6 is 0 Å². The molecule has 24 heavy (non-hydrogen) atoms. The fraction of sp³-hybridized carbons (Fsp3) is 0.158. The van der Waals surface area contributed by atoms with Crippen LogP contribution < -0.4 is 10.1 Å². The van der Waals surface area contributed by atoms with Crippen molar-refractivity contribution in [1.29, 1.82) is 0 Å². The molecule has 0 aliphatic heterocycles. The van der Waals surface area contributed by atoms with Crippen LogP contribution in [0.4, 0.5) is 0 Å². The quantitative estimate of drug-likeness (QED) is 0.710. The molecule has 3 rings (SSSR count). The van der Waals surface area contributed by atoms with E-state index < -0.39 is 0 Å². The SMILES string of the molecule is C=CC(=O)NCc1nc2ccccc2n1Cc1ccc(OC)cc1. The van der Waals surface area contributed by atoms with E-state index in [0.29, 0.717) is 13.1 Å². The predicted octanol–water partition coefficient (Wildman–Crippen LogP) is 2.90. The van der Waals surface area contributed by atoms with Gasteiger partial charge in [0.25, 0.3) is 0 Å². The predicted molar refractivity (Wildman–Crippen MR) is 93.9 cm³/mol. The van der Waals surface area contributed by atoms with Crippen LogP contribution in [0.5, 0.6) is 5.75 Å². The van der Waals surface area contributed by atoms with Crippen molar-refractivity contribution in [1.82, 2.24) is 14.9 Å². The third-order valence-electron chi connectivity index (χ3n) is 3.84. The Morgan fingerprint density at radius 2 is 2.00 bits per heavy atom. The van der Waals surface area contributed by atoms with E-state index in [1.807, 2.05) is 48.5 Å². The number of para-hydroxylation sites is 2. The topological polar surface area (TPSA) is 56.2 Å². The van der Waals surface area contributed by atoms with Gasteiger partial charge in [-0.15, -0.1) is 0 Å². The number of fused-ring (bicyclic) bond motifs is 1. The van der Waals surface area contributed by atoms with E-state index in [2.05, 4.69) is 21.4 Å². The highest BCUT2D eigenvalue weighted by atomic mass is 16.5. The number of ether oxygens (including phenoxy) is 1. The van der Waals surface area contributed by atoms with Gasteiger partial charge in [-0.1, -0.05) is 30.8 Å². The Bertz CT molecular complexity index is 866. The second-order valence-corrected chi connectivity index (χ2v) is 5.37. The maximum absolute atomic E-state index is 11.5. The first-order valence-corrected chi connectivity index (χ1v) is 7.68. The normalized spacial score (nSPS) is 10.5. The number of benzene rings is 2. The minimum atomic E-state index is -0.210. The number of methoxy groups -OCH3 is 1. The van der Waals surface area contributed by atoms with Crippen LogP contribution in [-0.2, 0) is 17.9 Å². The van der Waals surface area contributed by atoms with Crippen LogP contribution in [0.15, 0.2) is 61.2 Å². The Morgan fingerprint density at radius 1 is 1.25 bits per heavy atom. The minimum Gasteiger partial charge on any atom is -0.497 e. The second-order valence-electron chi connectivity index (χ2n) is 5.37. The summed E-state index contributed by atoms with van der Waals surface area (Å²) in [5.41, 5.74) is 3.08. The van der Waals surface area contributed by atoms with E-state index >= 15 is 0 Å². The minimum absolute atomic E-state index is 0.210. The lowest BCUT2D eigenvalue weighted by Crippen LogP contribution is -2.22. The number of carbonyl (C=O) groups excluding carboxylic acids is 1. The van der Waals surface area contributed by atoms with Crippen molar-refractivity contribution in [3.05, 3.63) is 72.6 Å². The zero-order valence-electron chi connectivity index (χ0n) is 13.5. The maximum atomic E-state index is 11.5. The number of hydrogen-bond donors (Lipinski definition) is 1. The second kappa shape index (κ2) is 7.00. The van der Waals surface area contributed by atoms with Crippen molar-refractivity contribution in [2.45, 2.75) is 13.1 Å². The summed E-state index contributed by atoms with van der Waals surface area (Å²) in [6.45, 7) is 4.50. The number of rotatable bonds is 6. The summed E-state index contributed by atoms with van der Waals surface area (Å²) in [7, 11) is 1.65. The molecule has 0 fully saturated rings. The van der Waals surface area contributed by atoms with Crippen LogP contribution in [0, 0.1) is 0 Å². The van der Waals surface area contributed by atoms with Crippen molar-refractivity contribution in [3.8, 4) is 5.75 Å². The molecule has 1 aromatic heterocycles.